The summed E-state index contributed by atoms with van der Waals surface area (Å²) in [5.74, 6) is -2.53. The molecule has 2 aromatic carbocycles. The Morgan fingerprint density at radius 3 is 2.58 bits per heavy atom. The second-order valence-corrected chi connectivity index (χ2v) is 9.93. The number of anilines is 1. The minimum absolute atomic E-state index is 0.0362. The van der Waals surface area contributed by atoms with E-state index in [4.69, 9.17) is 9.47 Å². The van der Waals surface area contributed by atoms with Crippen LogP contribution in [0.2, 0.25) is 0 Å². The summed E-state index contributed by atoms with van der Waals surface area (Å²) in [6.07, 6.45) is -0.460. The van der Waals surface area contributed by atoms with E-state index in [0.29, 0.717) is 6.07 Å². The van der Waals surface area contributed by atoms with Crippen LogP contribution in [0.15, 0.2) is 58.9 Å². The van der Waals surface area contributed by atoms with Crippen molar-refractivity contribution in [2.75, 3.05) is 18.9 Å². The Bertz CT molecular complexity index is 1640. The molecule has 198 valence electrons. The number of para-hydroxylation sites is 1. The number of sulfonamides is 1. The van der Waals surface area contributed by atoms with Gasteiger partial charge in [-0.2, -0.15) is 0 Å². The second-order valence-electron chi connectivity index (χ2n) is 7.89. The van der Waals surface area contributed by atoms with Gasteiger partial charge in [-0.15, -0.1) is 10.2 Å². The Balaban J connectivity index is 1.83. The summed E-state index contributed by atoms with van der Waals surface area (Å²) < 4.78 is 67.9. The lowest BCUT2D eigenvalue weighted by Gasteiger charge is -2.21. The van der Waals surface area contributed by atoms with Crippen molar-refractivity contribution in [2.24, 2.45) is 4.99 Å². The molecule has 14 heteroatoms. The highest BCUT2D eigenvalue weighted by Gasteiger charge is 2.34. The molecule has 2 atom stereocenters. The summed E-state index contributed by atoms with van der Waals surface area (Å²) >= 11 is 0. The molecule has 4 rings (SSSR count). The molecule has 3 N–H and O–H groups in total. The number of aliphatic imine (C=N–C) groups is 1. The van der Waals surface area contributed by atoms with E-state index < -0.39 is 44.5 Å². The van der Waals surface area contributed by atoms with Crippen molar-refractivity contribution in [3.05, 3.63) is 77.0 Å². The molecule has 11 nitrogen and oxygen atoms in total. The molecule has 1 aliphatic heterocycles. The molecule has 0 amide bonds. The zero-order chi connectivity index (χ0) is 27.6. The first kappa shape index (κ1) is 26.6. The SMILES string of the molecule is COC1=NC(c2nnc(NS(=O)(=O)[C@H](C)[C@H](O)c3ccc(F)cc3F)n2-c2c(O)cccc2OC)=C=C=C1. The third-order valence-corrected chi connectivity index (χ3v) is 7.27. The molecule has 0 fully saturated rings. The fraction of sp³-hybridized carbons (Fsp3) is 0.208. The molecule has 1 aliphatic rings. The van der Waals surface area contributed by atoms with Crippen molar-refractivity contribution in [3.63, 3.8) is 0 Å². The molecule has 0 spiro atoms. The minimum Gasteiger partial charge on any atom is -0.506 e. The number of benzene rings is 2. The minimum atomic E-state index is -4.50. The van der Waals surface area contributed by atoms with Gasteiger partial charge in [0.1, 0.15) is 40.2 Å². The van der Waals surface area contributed by atoms with Crippen LogP contribution in [0.4, 0.5) is 14.7 Å². The molecule has 1 aromatic heterocycles. The number of hydrogen-bond donors (Lipinski definition) is 3. The lowest BCUT2D eigenvalue weighted by atomic mass is 10.1. The summed E-state index contributed by atoms with van der Waals surface area (Å²) in [6.45, 7) is 1.13. The molecule has 0 bridgehead atoms. The van der Waals surface area contributed by atoms with Crippen molar-refractivity contribution in [1.29, 1.82) is 0 Å². The number of aliphatic hydroxyl groups is 1. The van der Waals surface area contributed by atoms with Gasteiger partial charge >= 0.3 is 0 Å². The largest absolute Gasteiger partial charge is 0.506 e. The molecule has 0 saturated carbocycles. The second kappa shape index (κ2) is 10.5. The third-order valence-electron chi connectivity index (χ3n) is 5.56. The fourth-order valence-corrected chi connectivity index (χ4v) is 4.61. The van der Waals surface area contributed by atoms with E-state index in [-0.39, 0.29) is 34.6 Å². The van der Waals surface area contributed by atoms with Crippen molar-refractivity contribution in [2.45, 2.75) is 18.3 Å². The van der Waals surface area contributed by atoms with E-state index in [1.165, 1.54) is 38.5 Å². The number of nitrogens with zero attached hydrogens (tertiary/aromatic N) is 4. The number of methoxy groups -OCH3 is 2. The van der Waals surface area contributed by atoms with Crippen LogP contribution in [0.3, 0.4) is 0 Å². The van der Waals surface area contributed by atoms with Gasteiger partial charge in [0.05, 0.1) is 20.3 Å². The molecule has 0 unspecified atom stereocenters. The van der Waals surface area contributed by atoms with Gasteiger partial charge < -0.3 is 19.7 Å². The summed E-state index contributed by atoms with van der Waals surface area (Å²) in [5, 5.41) is 27.6. The first-order chi connectivity index (χ1) is 18.1. The Morgan fingerprint density at radius 2 is 1.89 bits per heavy atom. The van der Waals surface area contributed by atoms with E-state index in [0.717, 1.165) is 23.6 Å². The van der Waals surface area contributed by atoms with Crippen LogP contribution in [0.1, 0.15) is 24.4 Å². The highest BCUT2D eigenvalue weighted by atomic mass is 32.2. The quantitative estimate of drug-likeness (QED) is 0.366. The predicted molar refractivity (Wildman–Crippen MR) is 132 cm³/mol. The zero-order valence-corrected chi connectivity index (χ0v) is 21.0. The van der Waals surface area contributed by atoms with Crippen LogP contribution < -0.4 is 9.46 Å². The van der Waals surface area contributed by atoms with E-state index in [1.807, 2.05) is 0 Å². The van der Waals surface area contributed by atoms with Gasteiger partial charge in [-0.25, -0.2) is 22.2 Å². The maximum atomic E-state index is 14.2. The summed E-state index contributed by atoms with van der Waals surface area (Å²) in [4.78, 5) is 4.22. The Kier molecular flexibility index (Phi) is 7.33. The smallest absolute Gasteiger partial charge is 0.243 e. The standard InChI is InChI=1S/C24H21F2N5O6S/c1-13(22(33)15-11-10-14(25)12-16(15)26)38(34,35)30-24-29-28-23(17-6-4-9-20(27-17)37-3)31(24)21-18(32)7-5-8-19(21)36-2/h5,7-13,22,32-33H,1-3H3,(H,29,30)/t13-,22+/m1/s1. The number of halogens is 2. The maximum Gasteiger partial charge on any atom is 0.243 e. The normalized spacial score (nSPS) is 14.5. The molecule has 0 saturated heterocycles. The number of aliphatic hydroxyl groups excluding tert-OH is 1. The molecule has 3 aromatic rings. The topological polar surface area (TPSA) is 148 Å². The zero-order valence-electron chi connectivity index (χ0n) is 20.2. The van der Waals surface area contributed by atoms with Gasteiger partial charge in [0.15, 0.2) is 11.5 Å². The van der Waals surface area contributed by atoms with Crippen LogP contribution >= 0.6 is 0 Å². The van der Waals surface area contributed by atoms with Crippen LogP contribution in [-0.4, -0.2) is 58.8 Å². The molecular weight excluding hydrogens is 524 g/mol. The summed E-state index contributed by atoms with van der Waals surface area (Å²) in [7, 11) is -1.78. The number of phenolic OH excluding ortho intramolecular Hbond substituents is 1. The fourth-order valence-electron chi connectivity index (χ4n) is 3.55. The van der Waals surface area contributed by atoms with Crippen molar-refractivity contribution < 1.29 is 36.9 Å². The van der Waals surface area contributed by atoms with Gasteiger partial charge in [-0.1, -0.05) is 17.9 Å². The van der Waals surface area contributed by atoms with Crippen LogP contribution in [0, 0.1) is 11.6 Å². The van der Waals surface area contributed by atoms with Gasteiger partial charge in [0, 0.05) is 11.6 Å². The number of phenols is 1. The average Bonchev–Trinajstić information content (AvgIpc) is 3.29. The lowest BCUT2D eigenvalue weighted by molar-refractivity contribution is 0.171. The van der Waals surface area contributed by atoms with Gasteiger partial charge in [0.25, 0.3) is 0 Å². The van der Waals surface area contributed by atoms with Crippen LogP contribution in [0.5, 0.6) is 11.5 Å². The Morgan fingerprint density at radius 1 is 1.13 bits per heavy atom. The monoisotopic (exact) mass is 545 g/mol. The first-order valence-electron chi connectivity index (χ1n) is 10.9. The number of aromatic nitrogens is 3. The number of aromatic hydroxyl groups is 1. The number of hydrogen-bond acceptors (Lipinski definition) is 9. The highest BCUT2D eigenvalue weighted by Crippen LogP contribution is 2.37. The molecular formula is C24H21F2N5O6S. The Hall–Kier alpha value is -4.48. The molecule has 0 aliphatic carbocycles. The van der Waals surface area contributed by atoms with E-state index >= 15 is 0 Å². The average molecular weight is 546 g/mol. The van der Waals surface area contributed by atoms with E-state index in [2.05, 4.69) is 31.4 Å². The lowest BCUT2D eigenvalue weighted by Crippen LogP contribution is -2.32. The van der Waals surface area contributed by atoms with Crippen LogP contribution in [-0.2, 0) is 14.8 Å². The first-order valence-corrected chi connectivity index (χ1v) is 12.4. The van der Waals surface area contributed by atoms with E-state index in [9.17, 15) is 27.4 Å². The number of ether oxygens (including phenoxy) is 2. The van der Waals surface area contributed by atoms with E-state index in [1.54, 1.807) is 0 Å². The third kappa shape index (κ3) is 5.01. The highest BCUT2D eigenvalue weighted by molar-refractivity contribution is 7.93. The molecule has 2 heterocycles. The maximum absolute atomic E-state index is 14.2. The van der Waals surface area contributed by atoms with Gasteiger partial charge in [-0.3, -0.25) is 9.29 Å². The number of rotatable bonds is 8. The van der Waals surface area contributed by atoms with Crippen molar-refractivity contribution in [1.82, 2.24) is 14.8 Å². The van der Waals surface area contributed by atoms with Crippen LogP contribution in [0.25, 0.3) is 11.4 Å². The summed E-state index contributed by atoms with van der Waals surface area (Å²) in [5.41, 5.74) is 5.00. The number of nitrogens with one attached hydrogen (secondary N) is 1. The van der Waals surface area contributed by atoms with Gasteiger partial charge in [0.2, 0.25) is 21.9 Å². The Labute approximate surface area is 215 Å². The molecule has 0 radical (unpaired) electrons. The van der Waals surface area contributed by atoms with Crippen molar-refractivity contribution >= 4 is 27.6 Å². The van der Waals surface area contributed by atoms with Crippen molar-refractivity contribution in [3.8, 4) is 17.2 Å². The summed E-state index contributed by atoms with van der Waals surface area (Å²) in [6, 6.07) is 6.73. The molecule has 38 heavy (non-hydrogen) atoms. The van der Waals surface area contributed by atoms with Gasteiger partial charge in [-0.05, 0) is 30.9 Å². The predicted octanol–water partition coefficient (Wildman–Crippen LogP) is 2.83.